The maximum atomic E-state index is 6.23. The molecule has 0 aliphatic rings. The second kappa shape index (κ2) is 7.89. The van der Waals surface area contributed by atoms with Crippen LogP contribution in [0.4, 0.5) is 11.4 Å². The first kappa shape index (κ1) is 15.6. The molecule has 0 unspecified atom stereocenters. The number of nitrogens with zero attached hydrogens (tertiary/aromatic N) is 1. The maximum Gasteiger partial charge on any atom is 0.144 e. The normalized spacial score (nSPS) is 10.8. The Bertz CT molecular complexity index is 380. The Hall–Kier alpha value is -1.42. The van der Waals surface area contributed by atoms with Crippen LogP contribution < -0.4 is 15.4 Å². The molecule has 2 N–H and O–H groups in total. The van der Waals surface area contributed by atoms with Crippen molar-refractivity contribution in [1.29, 1.82) is 0 Å². The van der Waals surface area contributed by atoms with E-state index in [1.807, 2.05) is 18.2 Å². The van der Waals surface area contributed by atoms with Crippen molar-refractivity contribution >= 4 is 11.4 Å². The molecule has 0 heterocycles. The highest BCUT2D eigenvalue weighted by Gasteiger charge is 2.15. The molecular weight excluding hydrogens is 240 g/mol. The summed E-state index contributed by atoms with van der Waals surface area (Å²) in [5.74, 6) is 0.766. The van der Waals surface area contributed by atoms with Crippen LogP contribution in [0.3, 0.4) is 0 Å². The van der Waals surface area contributed by atoms with E-state index in [0.29, 0.717) is 24.9 Å². The number of rotatable bonds is 8. The summed E-state index contributed by atoms with van der Waals surface area (Å²) in [4.78, 5) is 2.23. The van der Waals surface area contributed by atoms with Crippen LogP contribution in [-0.2, 0) is 4.74 Å². The highest BCUT2D eigenvalue weighted by Crippen LogP contribution is 2.33. The number of nitrogen functional groups attached to an aromatic ring is 1. The Kier molecular flexibility index (Phi) is 6.50. The molecule has 19 heavy (non-hydrogen) atoms. The first-order valence-electron chi connectivity index (χ1n) is 6.88. The molecule has 0 saturated carbocycles. The van der Waals surface area contributed by atoms with Crippen LogP contribution in [0, 0.1) is 0 Å². The Morgan fingerprint density at radius 3 is 2.58 bits per heavy atom. The van der Waals surface area contributed by atoms with Gasteiger partial charge in [0.25, 0.3) is 0 Å². The molecule has 108 valence electrons. The summed E-state index contributed by atoms with van der Waals surface area (Å²) < 4.78 is 10.8. The second-order valence-corrected chi connectivity index (χ2v) is 4.82. The molecule has 4 heteroatoms. The molecule has 0 fully saturated rings. The third-order valence-electron chi connectivity index (χ3n) is 2.97. The average Bonchev–Trinajstić information content (AvgIpc) is 2.39. The lowest BCUT2D eigenvalue weighted by atomic mass is 10.2. The van der Waals surface area contributed by atoms with Crippen molar-refractivity contribution in [3.63, 3.8) is 0 Å². The van der Waals surface area contributed by atoms with Gasteiger partial charge in [0.05, 0.1) is 24.6 Å². The number of anilines is 2. The summed E-state index contributed by atoms with van der Waals surface area (Å²) in [5.41, 5.74) is 7.95. The van der Waals surface area contributed by atoms with Crippen molar-refractivity contribution in [2.24, 2.45) is 0 Å². The zero-order valence-electron chi connectivity index (χ0n) is 12.5. The molecule has 0 aliphatic heterocycles. The molecule has 0 spiro atoms. The molecule has 0 saturated heterocycles. The fraction of sp³-hybridized carbons (Fsp3) is 0.600. The summed E-state index contributed by atoms with van der Waals surface area (Å²) in [7, 11) is 1.71. The summed E-state index contributed by atoms with van der Waals surface area (Å²) in [6.45, 7) is 8.56. The second-order valence-electron chi connectivity index (χ2n) is 4.82. The van der Waals surface area contributed by atoms with Gasteiger partial charge in [-0.3, -0.25) is 0 Å². The minimum Gasteiger partial charge on any atom is -0.491 e. The number of para-hydroxylation sites is 1. The first-order valence-corrected chi connectivity index (χ1v) is 6.88. The number of hydrogen-bond acceptors (Lipinski definition) is 4. The molecule has 0 bridgehead atoms. The molecule has 4 nitrogen and oxygen atoms in total. The smallest absolute Gasteiger partial charge is 0.144 e. The van der Waals surface area contributed by atoms with Gasteiger partial charge >= 0.3 is 0 Å². The number of nitrogens with two attached hydrogens (primary N) is 1. The van der Waals surface area contributed by atoms with Gasteiger partial charge in [0, 0.05) is 19.7 Å². The molecule has 1 aromatic carbocycles. The average molecular weight is 266 g/mol. The van der Waals surface area contributed by atoms with Crippen LogP contribution in [0.15, 0.2) is 18.2 Å². The predicted molar refractivity (Wildman–Crippen MR) is 81.0 cm³/mol. The van der Waals surface area contributed by atoms with Crippen molar-refractivity contribution in [3.05, 3.63) is 18.2 Å². The monoisotopic (exact) mass is 266 g/mol. The van der Waals surface area contributed by atoms with Crippen LogP contribution >= 0.6 is 0 Å². The molecular formula is C15H26N2O2. The van der Waals surface area contributed by atoms with E-state index in [0.717, 1.165) is 24.4 Å². The molecule has 0 atom stereocenters. The molecule has 1 rings (SSSR count). The van der Waals surface area contributed by atoms with Crippen molar-refractivity contribution in [2.75, 3.05) is 37.5 Å². The van der Waals surface area contributed by atoms with E-state index in [2.05, 4.69) is 25.7 Å². The fourth-order valence-electron chi connectivity index (χ4n) is 1.97. The Labute approximate surface area is 116 Å². The van der Waals surface area contributed by atoms with Crippen molar-refractivity contribution in [2.45, 2.75) is 33.2 Å². The molecule has 0 radical (unpaired) electrons. The van der Waals surface area contributed by atoms with Crippen LogP contribution in [0.25, 0.3) is 0 Å². The van der Waals surface area contributed by atoms with Gasteiger partial charge in [0.1, 0.15) is 5.75 Å². The van der Waals surface area contributed by atoms with Gasteiger partial charge in [-0.05, 0) is 32.4 Å². The third-order valence-corrected chi connectivity index (χ3v) is 2.97. The highest BCUT2D eigenvalue weighted by molar-refractivity contribution is 5.74. The van der Waals surface area contributed by atoms with E-state index in [4.69, 9.17) is 15.2 Å². The van der Waals surface area contributed by atoms with Gasteiger partial charge in [-0.25, -0.2) is 0 Å². The fourth-order valence-corrected chi connectivity index (χ4v) is 1.97. The number of hydrogen-bond donors (Lipinski definition) is 1. The topological polar surface area (TPSA) is 47.7 Å². The van der Waals surface area contributed by atoms with Gasteiger partial charge in [-0.15, -0.1) is 0 Å². The van der Waals surface area contributed by atoms with E-state index >= 15 is 0 Å². The summed E-state index contributed by atoms with van der Waals surface area (Å²) in [6, 6.07) is 6.30. The molecule has 0 amide bonds. The standard InChI is InChI=1S/C15H26N2O2/c1-5-10-19-14-8-6-7-13(15(14)16)17(12(2)3)9-11-18-4/h6-8,12H,5,9-11,16H2,1-4H3. The largest absolute Gasteiger partial charge is 0.491 e. The number of methoxy groups -OCH3 is 1. The molecule has 0 aliphatic carbocycles. The summed E-state index contributed by atoms with van der Waals surface area (Å²) in [6.07, 6.45) is 0.973. The van der Waals surface area contributed by atoms with Gasteiger partial charge < -0.3 is 20.1 Å². The zero-order valence-corrected chi connectivity index (χ0v) is 12.5. The molecule has 0 aromatic heterocycles. The maximum absolute atomic E-state index is 6.23. The van der Waals surface area contributed by atoms with Gasteiger partial charge in [0.15, 0.2) is 0 Å². The SMILES string of the molecule is CCCOc1cccc(N(CCOC)C(C)C)c1N. The van der Waals surface area contributed by atoms with Gasteiger partial charge in [-0.1, -0.05) is 13.0 Å². The lowest BCUT2D eigenvalue weighted by molar-refractivity contribution is 0.204. The van der Waals surface area contributed by atoms with E-state index in [1.165, 1.54) is 0 Å². The minimum absolute atomic E-state index is 0.360. The predicted octanol–water partition coefficient (Wildman–Crippen LogP) is 2.92. The highest BCUT2D eigenvalue weighted by atomic mass is 16.5. The van der Waals surface area contributed by atoms with Crippen LogP contribution in [0.5, 0.6) is 5.75 Å². The van der Waals surface area contributed by atoms with Crippen molar-refractivity contribution < 1.29 is 9.47 Å². The summed E-state index contributed by atoms with van der Waals surface area (Å²) in [5, 5.41) is 0. The number of benzene rings is 1. The quantitative estimate of drug-likeness (QED) is 0.735. The van der Waals surface area contributed by atoms with Crippen LogP contribution in [0.2, 0.25) is 0 Å². The van der Waals surface area contributed by atoms with Gasteiger partial charge in [-0.2, -0.15) is 0 Å². The summed E-state index contributed by atoms with van der Waals surface area (Å²) >= 11 is 0. The number of ether oxygens (including phenoxy) is 2. The Morgan fingerprint density at radius 2 is 2.00 bits per heavy atom. The zero-order chi connectivity index (χ0) is 14.3. The van der Waals surface area contributed by atoms with E-state index < -0.39 is 0 Å². The lowest BCUT2D eigenvalue weighted by Crippen LogP contribution is -2.34. The lowest BCUT2D eigenvalue weighted by Gasteiger charge is -2.30. The van der Waals surface area contributed by atoms with Crippen LogP contribution in [-0.4, -0.2) is 32.9 Å². The van der Waals surface area contributed by atoms with E-state index in [9.17, 15) is 0 Å². The van der Waals surface area contributed by atoms with E-state index in [1.54, 1.807) is 7.11 Å². The molecule has 1 aromatic rings. The Morgan fingerprint density at radius 1 is 1.26 bits per heavy atom. The third kappa shape index (κ3) is 4.31. The first-order chi connectivity index (χ1) is 9.11. The van der Waals surface area contributed by atoms with Crippen molar-refractivity contribution in [1.82, 2.24) is 0 Å². The minimum atomic E-state index is 0.360. The van der Waals surface area contributed by atoms with Crippen molar-refractivity contribution in [3.8, 4) is 5.75 Å². The van der Waals surface area contributed by atoms with Gasteiger partial charge in [0.2, 0.25) is 0 Å². The van der Waals surface area contributed by atoms with E-state index in [-0.39, 0.29) is 0 Å². The Balaban J connectivity index is 2.95. The van der Waals surface area contributed by atoms with Crippen LogP contribution in [0.1, 0.15) is 27.2 Å².